The molecule has 2 atom stereocenters. The molecule has 0 radical (unpaired) electrons. The third-order valence-corrected chi connectivity index (χ3v) is 6.08. The van der Waals surface area contributed by atoms with Crippen LogP contribution in [0.25, 0.3) is 0 Å². The van der Waals surface area contributed by atoms with Gasteiger partial charge in [0.15, 0.2) is 5.82 Å². The summed E-state index contributed by atoms with van der Waals surface area (Å²) >= 11 is 1.77. The van der Waals surface area contributed by atoms with Crippen LogP contribution in [0.1, 0.15) is 57.1 Å². The molecule has 3 heterocycles. The molecule has 1 aromatic heterocycles. The standard InChI is InChI=1S/C16H21N5S/c1-2-3-7-11-9-5-4-6-10(9)12-13-14(22-16(12)20-11)15(21-17)19-8-18-13/h8,12,16H,2-7,17H2,1H3,(H,18,19,21)/t12-,16+/m0/s1. The van der Waals surface area contributed by atoms with Crippen molar-refractivity contribution < 1.29 is 0 Å². The largest absolute Gasteiger partial charge is 0.307 e. The van der Waals surface area contributed by atoms with Gasteiger partial charge in [-0.1, -0.05) is 30.7 Å². The smallest absolute Gasteiger partial charge is 0.157 e. The highest BCUT2D eigenvalue weighted by atomic mass is 32.2. The van der Waals surface area contributed by atoms with Gasteiger partial charge in [0.05, 0.1) is 16.5 Å². The number of hydrogen-bond acceptors (Lipinski definition) is 6. The molecule has 0 unspecified atom stereocenters. The Balaban J connectivity index is 1.76. The van der Waals surface area contributed by atoms with E-state index in [0.29, 0.717) is 5.92 Å². The van der Waals surface area contributed by atoms with Crippen LogP contribution in [0.2, 0.25) is 0 Å². The summed E-state index contributed by atoms with van der Waals surface area (Å²) in [4.78, 5) is 15.0. The molecular formula is C16H21N5S. The van der Waals surface area contributed by atoms with Crippen LogP contribution in [0.4, 0.5) is 5.82 Å². The number of aliphatic imine (C=N–C) groups is 1. The molecule has 4 rings (SSSR count). The van der Waals surface area contributed by atoms with Crippen LogP contribution in [0.3, 0.4) is 0 Å². The summed E-state index contributed by atoms with van der Waals surface area (Å²) in [6, 6.07) is 0. The van der Waals surface area contributed by atoms with E-state index in [0.717, 1.165) is 22.8 Å². The summed E-state index contributed by atoms with van der Waals surface area (Å²) in [5.41, 5.74) is 8.29. The Morgan fingerprint density at radius 3 is 3.09 bits per heavy atom. The van der Waals surface area contributed by atoms with Crippen molar-refractivity contribution in [2.75, 3.05) is 5.43 Å². The predicted octanol–water partition coefficient (Wildman–Crippen LogP) is 3.40. The number of nitrogens with one attached hydrogen (secondary N) is 1. The van der Waals surface area contributed by atoms with Crippen molar-refractivity contribution in [2.45, 2.75) is 61.6 Å². The van der Waals surface area contributed by atoms with Crippen molar-refractivity contribution in [1.29, 1.82) is 0 Å². The fraction of sp³-hybridized carbons (Fsp3) is 0.562. The number of fused-ring (bicyclic) bond motifs is 4. The van der Waals surface area contributed by atoms with Crippen LogP contribution >= 0.6 is 11.8 Å². The lowest BCUT2D eigenvalue weighted by Crippen LogP contribution is -2.21. The molecule has 0 bridgehead atoms. The number of hydrogen-bond donors (Lipinski definition) is 2. The Morgan fingerprint density at radius 1 is 1.36 bits per heavy atom. The number of thioether (sulfide) groups is 1. The predicted molar refractivity (Wildman–Crippen MR) is 90.1 cm³/mol. The summed E-state index contributed by atoms with van der Waals surface area (Å²) < 4.78 is 0. The number of nitrogens with two attached hydrogens (primary N) is 1. The molecule has 1 aromatic rings. The highest BCUT2D eigenvalue weighted by Gasteiger charge is 2.43. The molecule has 0 saturated heterocycles. The van der Waals surface area contributed by atoms with Crippen molar-refractivity contribution in [1.82, 2.24) is 9.97 Å². The number of nitrogens with zero attached hydrogens (tertiary/aromatic N) is 3. The van der Waals surface area contributed by atoms with Crippen LogP contribution in [-0.2, 0) is 0 Å². The number of anilines is 1. The minimum Gasteiger partial charge on any atom is -0.307 e. The van der Waals surface area contributed by atoms with Gasteiger partial charge in [-0.3, -0.25) is 4.99 Å². The second-order valence-corrected chi connectivity index (χ2v) is 7.23. The first-order chi connectivity index (χ1) is 10.8. The van der Waals surface area contributed by atoms with Gasteiger partial charge in [0.25, 0.3) is 0 Å². The average molecular weight is 315 g/mol. The number of aromatic nitrogens is 2. The Labute approximate surface area is 134 Å². The Hall–Kier alpha value is -1.40. The van der Waals surface area contributed by atoms with Crippen LogP contribution in [0, 0.1) is 0 Å². The van der Waals surface area contributed by atoms with Crippen molar-refractivity contribution in [3.8, 4) is 0 Å². The maximum Gasteiger partial charge on any atom is 0.157 e. The summed E-state index contributed by atoms with van der Waals surface area (Å²) in [5.74, 6) is 6.67. The minimum atomic E-state index is 0.225. The van der Waals surface area contributed by atoms with E-state index in [-0.39, 0.29) is 5.37 Å². The number of hydrazine groups is 1. The molecule has 0 saturated carbocycles. The monoisotopic (exact) mass is 315 g/mol. The zero-order chi connectivity index (χ0) is 15.1. The lowest BCUT2D eigenvalue weighted by Gasteiger charge is -2.26. The zero-order valence-electron chi connectivity index (χ0n) is 12.8. The van der Waals surface area contributed by atoms with Crippen molar-refractivity contribution in [3.05, 3.63) is 23.2 Å². The minimum absolute atomic E-state index is 0.225. The number of rotatable bonds is 4. The summed E-state index contributed by atoms with van der Waals surface area (Å²) in [6.45, 7) is 2.24. The van der Waals surface area contributed by atoms with E-state index < -0.39 is 0 Å². The lowest BCUT2D eigenvalue weighted by molar-refractivity contribution is 0.694. The topological polar surface area (TPSA) is 76.2 Å². The highest BCUT2D eigenvalue weighted by Crippen LogP contribution is 2.55. The number of unbranched alkanes of at least 4 members (excludes halogenated alkanes) is 1. The molecule has 116 valence electrons. The Bertz CT molecular complexity index is 667. The van der Waals surface area contributed by atoms with Crippen LogP contribution < -0.4 is 11.3 Å². The lowest BCUT2D eigenvalue weighted by atomic mass is 9.87. The van der Waals surface area contributed by atoms with Gasteiger partial charge in [0, 0.05) is 5.71 Å². The first kappa shape index (κ1) is 14.2. The molecule has 3 N–H and O–H groups in total. The van der Waals surface area contributed by atoms with E-state index in [9.17, 15) is 0 Å². The Kier molecular flexibility index (Phi) is 3.66. The van der Waals surface area contributed by atoms with E-state index in [1.165, 1.54) is 43.4 Å². The molecule has 5 nitrogen and oxygen atoms in total. The van der Waals surface area contributed by atoms with Crippen LogP contribution in [-0.4, -0.2) is 21.1 Å². The quantitative estimate of drug-likeness (QED) is 0.658. The van der Waals surface area contributed by atoms with Gasteiger partial charge in [-0.25, -0.2) is 15.8 Å². The highest BCUT2D eigenvalue weighted by molar-refractivity contribution is 8.00. The van der Waals surface area contributed by atoms with Gasteiger partial charge < -0.3 is 5.43 Å². The van der Waals surface area contributed by atoms with Gasteiger partial charge >= 0.3 is 0 Å². The number of nitrogen functional groups attached to an aromatic ring is 1. The van der Waals surface area contributed by atoms with E-state index in [2.05, 4.69) is 22.3 Å². The molecule has 3 aliphatic rings. The average Bonchev–Trinajstić information content (AvgIpc) is 3.15. The van der Waals surface area contributed by atoms with Gasteiger partial charge in [0.2, 0.25) is 0 Å². The number of dihydropyridines is 1. The van der Waals surface area contributed by atoms with Gasteiger partial charge in [-0.05, 0) is 37.7 Å². The van der Waals surface area contributed by atoms with Crippen molar-refractivity contribution in [2.24, 2.45) is 10.8 Å². The van der Waals surface area contributed by atoms with E-state index in [1.807, 2.05) is 0 Å². The maximum atomic E-state index is 5.61. The summed E-state index contributed by atoms with van der Waals surface area (Å²) in [6.07, 6.45) is 8.80. The Morgan fingerprint density at radius 2 is 2.27 bits per heavy atom. The summed E-state index contributed by atoms with van der Waals surface area (Å²) in [7, 11) is 0. The van der Waals surface area contributed by atoms with Crippen molar-refractivity contribution in [3.63, 3.8) is 0 Å². The normalized spacial score (nSPS) is 25.6. The number of allylic oxidation sites excluding steroid dienone is 1. The molecular weight excluding hydrogens is 294 g/mol. The van der Waals surface area contributed by atoms with E-state index >= 15 is 0 Å². The molecule has 1 aliphatic carbocycles. The molecule has 0 fully saturated rings. The molecule has 0 amide bonds. The first-order valence-electron chi connectivity index (χ1n) is 8.10. The molecule has 6 heteroatoms. The molecule has 0 spiro atoms. The fourth-order valence-electron chi connectivity index (χ4n) is 3.82. The zero-order valence-corrected chi connectivity index (χ0v) is 13.6. The summed E-state index contributed by atoms with van der Waals surface area (Å²) in [5, 5.41) is 0.225. The van der Waals surface area contributed by atoms with E-state index in [1.54, 1.807) is 23.7 Å². The van der Waals surface area contributed by atoms with Crippen molar-refractivity contribution >= 4 is 23.3 Å². The third kappa shape index (κ3) is 2.08. The molecule has 22 heavy (non-hydrogen) atoms. The molecule has 0 aromatic carbocycles. The van der Waals surface area contributed by atoms with Gasteiger partial charge in [0.1, 0.15) is 11.7 Å². The van der Waals surface area contributed by atoms with Crippen LogP contribution in [0.15, 0.2) is 27.4 Å². The van der Waals surface area contributed by atoms with Gasteiger partial charge in [-0.2, -0.15) is 0 Å². The molecule has 2 aliphatic heterocycles. The SMILES string of the molecule is CCCCC1=N[C@@H]2Sc3c(NN)ncnc3[C@@H]2C2=C1CCC2. The van der Waals surface area contributed by atoms with Gasteiger partial charge in [-0.15, -0.1) is 0 Å². The second kappa shape index (κ2) is 5.66. The third-order valence-electron chi connectivity index (χ3n) is 4.82. The second-order valence-electron chi connectivity index (χ2n) is 6.10. The first-order valence-corrected chi connectivity index (χ1v) is 8.98. The van der Waals surface area contributed by atoms with E-state index in [4.69, 9.17) is 10.8 Å². The maximum absolute atomic E-state index is 5.61. The fourth-order valence-corrected chi connectivity index (χ4v) is 5.20. The van der Waals surface area contributed by atoms with Crippen LogP contribution in [0.5, 0.6) is 0 Å².